The van der Waals surface area contributed by atoms with Crippen LogP contribution in [0.4, 0.5) is 8.78 Å². The molecule has 1 N–H and O–H groups in total. The highest BCUT2D eigenvalue weighted by atomic mass is 19.1. The van der Waals surface area contributed by atoms with Gasteiger partial charge in [-0.05, 0) is 71.7 Å². The second kappa shape index (κ2) is 11.8. The normalized spacial score (nSPS) is 11.2. The van der Waals surface area contributed by atoms with Gasteiger partial charge in [-0.1, -0.05) is 54.6 Å². The lowest BCUT2D eigenvalue weighted by atomic mass is 10.0. The van der Waals surface area contributed by atoms with E-state index in [0.717, 1.165) is 34.1 Å². The Balaban J connectivity index is 1.42. The maximum atomic E-state index is 14.5. The van der Waals surface area contributed by atoms with E-state index in [1.807, 2.05) is 72.2 Å². The first kappa shape index (κ1) is 26.6. The molecule has 0 bridgehead atoms. The van der Waals surface area contributed by atoms with E-state index in [2.05, 4.69) is 4.98 Å². The van der Waals surface area contributed by atoms with E-state index >= 15 is 0 Å². The number of carboxylic acids is 1. The van der Waals surface area contributed by atoms with Crippen molar-refractivity contribution < 1.29 is 23.4 Å². The fraction of sp³-hybridized carbons (Fsp3) is 0.0909. The molecular weight excluding hydrogens is 510 g/mol. The van der Waals surface area contributed by atoms with Gasteiger partial charge >= 0.3 is 5.97 Å². The molecule has 0 aliphatic heterocycles. The summed E-state index contributed by atoms with van der Waals surface area (Å²) in [5.41, 5.74) is 4.69. The van der Waals surface area contributed by atoms with Crippen molar-refractivity contribution in [2.75, 3.05) is 6.61 Å². The van der Waals surface area contributed by atoms with Crippen LogP contribution in [0.3, 0.4) is 0 Å². The van der Waals surface area contributed by atoms with Crippen molar-refractivity contribution >= 4 is 18.1 Å². The number of carboxylic acid groups (broad SMARTS) is 1. The van der Waals surface area contributed by atoms with Crippen LogP contribution < -0.4 is 4.74 Å². The highest BCUT2D eigenvalue weighted by Crippen LogP contribution is 2.26. The van der Waals surface area contributed by atoms with Crippen LogP contribution in [0.2, 0.25) is 0 Å². The molecule has 1 aromatic heterocycles. The topological polar surface area (TPSA) is 64.4 Å². The Kier molecular flexibility index (Phi) is 7.82. The first-order chi connectivity index (χ1) is 19.4. The number of hydrogen-bond donors (Lipinski definition) is 1. The van der Waals surface area contributed by atoms with Crippen LogP contribution in [0.1, 0.15) is 34.2 Å². The van der Waals surface area contributed by atoms with Gasteiger partial charge < -0.3 is 14.4 Å². The van der Waals surface area contributed by atoms with E-state index in [0.29, 0.717) is 24.7 Å². The predicted octanol–water partition coefficient (Wildman–Crippen LogP) is 7.81. The summed E-state index contributed by atoms with van der Waals surface area (Å²) in [6.45, 7) is 2.95. The molecule has 5 nitrogen and oxygen atoms in total. The fourth-order valence-electron chi connectivity index (χ4n) is 4.33. The summed E-state index contributed by atoms with van der Waals surface area (Å²) in [7, 11) is 0. The van der Waals surface area contributed by atoms with Gasteiger partial charge in [-0.3, -0.25) is 0 Å². The molecule has 0 aliphatic rings. The summed E-state index contributed by atoms with van der Waals surface area (Å²) in [4.78, 5) is 15.8. The molecule has 0 saturated carbocycles. The Bertz CT molecular complexity index is 1660. The molecule has 0 aliphatic carbocycles. The lowest BCUT2D eigenvalue weighted by Crippen LogP contribution is -2.02. The van der Waals surface area contributed by atoms with Gasteiger partial charge in [0.2, 0.25) is 0 Å². The largest absolute Gasteiger partial charge is 0.494 e. The van der Waals surface area contributed by atoms with Gasteiger partial charge in [0.15, 0.2) is 0 Å². The predicted molar refractivity (Wildman–Crippen MR) is 152 cm³/mol. The van der Waals surface area contributed by atoms with Crippen LogP contribution in [0.5, 0.6) is 5.75 Å². The van der Waals surface area contributed by atoms with E-state index in [1.165, 1.54) is 24.3 Å². The molecule has 0 spiro atoms. The third-order valence-corrected chi connectivity index (χ3v) is 6.40. The molecule has 0 saturated heterocycles. The monoisotopic (exact) mass is 536 g/mol. The zero-order chi connectivity index (χ0) is 28.1. The van der Waals surface area contributed by atoms with Crippen LogP contribution in [-0.4, -0.2) is 27.2 Å². The van der Waals surface area contributed by atoms with Crippen LogP contribution in [0.25, 0.3) is 34.5 Å². The average molecular weight is 537 g/mol. The Morgan fingerprint density at radius 1 is 0.900 bits per heavy atom. The van der Waals surface area contributed by atoms with Crippen molar-refractivity contribution in [3.05, 3.63) is 131 Å². The maximum Gasteiger partial charge on any atom is 0.335 e. The Morgan fingerprint density at radius 3 is 2.20 bits per heavy atom. The van der Waals surface area contributed by atoms with Gasteiger partial charge in [0.1, 0.15) is 23.2 Å². The second-order valence-corrected chi connectivity index (χ2v) is 9.15. The van der Waals surface area contributed by atoms with Gasteiger partial charge in [0.05, 0.1) is 17.9 Å². The van der Waals surface area contributed by atoms with Gasteiger partial charge in [-0.25, -0.2) is 18.6 Å². The molecule has 200 valence electrons. The average Bonchev–Trinajstić information content (AvgIpc) is 3.35. The van der Waals surface area contributed by atoms with Gasteiger partial charge in [0, 0.05) is 24.4 Å². The van der Waals surface area contributed by atoms with Crippen molar-refractivity contribution in [3.63, 3.8) is 0 Å². The molecule has 5 aromatic rings. The van der Waals surface area contributed by atoms with E-state index in [9.17, 15) is 18.7 Å². The molecule has 1 heterocycles. The first-order valence-corrected chi connectivity index (χ1v) is 12.8. The van der Waals surface area contributed by atoms with Crippen LogP contribution in [0.15, 0.2) is 97.2 Å². The smallest absolute Gasteiger partial charge is 0.335 e. The van der Waals surface area contributed by atoms with Gasteiger partial charge in [-0.2, -0.15) is 0 Å². The summed E-state index contributed by atoms with van der Waals surface area (Å²) >= 11 is 0. The van der Waals surface area contributed by atoms with E-state index in [4.69, 9.17) is 4.74 Å². The highest BCUT2D eigenvalue weighted by molar-refractivity contribution is 5.87. The molecule has 0 atom stereocenters. The van der Waals surface area contributed by atoms with Crippen LogP contribution in [0, 0.1) is 11.6 Å². The lowest BCUT2D eigenvalue weighted by Gasteiger charge is -2.07. The fourth-order valence-corrected chi connectivity index (χ4v) is 4.33. The van der Waals surface area contributed by atoms with Crippen molar-refractivity contribution in [2.24, 2.45) is 0 Å². The molecule has 0 fully saturated rings. The number of hydrogen-bond acceptors (Lipinski definition) is 3. The number of halogens is 2. The number of aromatic carboxylic acids is 1. The number of imidazole rings is 1. The number of aromatic nitrogens is 2. The van der Waals surface area contributed by atoms with Gasteiger partial charge in [-0.15, -0.1) is 0 Å². The minimum Gasteiger partial charge on any atom is -0.494 e. The third kappa shape index (κ3) is 6.15. The summed E-state index contributed by atoms with van der Waals surface area (Å²) in [5, 5.41) is 9.18. The molecule has 5 rings (SSSR count). The summed E-state index contributed by atoms with van der Waals surface area (Å²) < 4.78 is 35.4. The Morgan fingerprint density at radius 2 is 1.57 bits per heavy atom. The number of rotatable bonds is 9. The standard InChI is InChI=1S/C33H26F2N2O3/c1-2-40-28-15-12-25(13-16-28)24-8-3-22(4-9-24)7-18-32-36-31(29-17-14-27(34)19-30(29)35)21-37(32)20-23-5-10-26(11-6-23)33(38)39/h3-19,21H,2,20H2,1H3,(H,38,39)/b18-7+. The molecule has 4 aromatic carbocycles. The summed E-state index contributed by atoms with van der Waals surface area (Å²) in [6.07, 6.45) is 5.46. The minimum atomic E-state index is -1.000. The number of nitrogens with zero attached hydrogens (tertiary/aromatic N) is 2. The van der Waals surface area contributed by atoms with Crippen LogP contribution >= 0.6 is 0 Å². The first-order valence-electron chi connectivity index (χ1n) is 12.8. The minimum absolute atomic E-state index is 0.190. The number of ether oxygens (including phenoxy) is 1. The SMILES string of the molecule is CCOc1ccc(-c2ccc(/C=C/c3nc(-c4ccc(F)cc4F)cn3Cc3ccc(C(=O)O)cc3)cc2)cc1. The maximum absolute atomic E-state index is 14.5. The summed E-state index contributed by atoms with van der Waals surface area (Å²) in [6, 6.07) is 25.9. The molecule has 0 unspecified atom stereocenters. The van der Waals surface area contributed by atoms with E-state index in [-0.39, 0.29) is 11.1 Å². The highest BCUT2D eigenvalue weighted by Gasteiger charge is 2.13. The zero-order valence-electron chi connectivity index (χ0n) is 21.7. The van der Waals surface area contributed by atoms with Crippen molar-refractivity contribution in [2.45, 2.75) is 13.5 Å². The van der Waals surface area contributed by atoms with Gasteiger partial charge in [0.25, 0.3) is 0 Å². The lowest BCUT2D eigenvalue weighted by molar-refractivity contribution is 0.0697. The molecule has 40 heavy (non-hydrogen) atoms. The molecular formula is C33H26F2N2O3. The van der Waals surface area contributed by atoms with Crippen molar-refractivity contribution in [1.29, 1.82) is 0 Å². The van der Waals surface area contributed by atoms with Crippen LogP contribution in [-0.2, 0) is 6.54 Å². The number of benzene rings is 4. The van der Waals surface area contributed by atoms with E-state index in [1.54, 1.807) is 18.3 Å². The Hall–Kier alpha value is -5.04. The second-order valence-electron chi connectivity index (χ2n) is 9.15. The molecule has 0 amide bonds. The molecule has 0 radical (unpaired) electrons. The molecule has 7 heteroatoms. The van der Waals surface area contributed by atoms with Crippen molar-refractivity contribution in [1.82, 2.24) is 9.55 Å². The summed E-state index contributed by atoms with van der Waals surface area (Å²) in [5.74, 6) is -0.958. The van der Waals surface area contributed by atoms with E-state index < -0.39 is 17.6 Å². The number of carbonyl (C=O) groups is 1. The quantitative estimate of drug-likeness (QED) is 0.209. The van der Waals surface area contributed by atoms with Crippen molar-refractivity contribution in [3.8, 4) is 28.1 Å². The zero-order valence-corrected chi connectivity index (χ0v) is 21.7. The Labute approximate surface area is 230 Å². The third-order valence-electron chi connectivity index (χ3n) is 6.40.